The van der Waals surface area contributed by atoms with E-state index in [4.69, 9.17) is 4.98 Å². The summed E-state index contributed by atoms with van der Waals surface area (Å²) in [4.78, 5) is 26.8. The van der Waals surface area contributed by atoms with Crippen molar-refractivity contribution in [2.45, 2.75) is 40.2 Å². The van der Waals surface area contributed by atoms with Crippen molar-refractivity contribution in [1.29, 1.82) is 0 Å². The number of rotatable bonds is 7. The largest absolute Gasteiger partial charge is 0.344 e. The number of aromatic nitrogens is 7. The molecule has 37 heavy (non-hydrogen) atoms. The number of aryl methyl sites for hydroxylation is 3. The quantitative estimate of drug-likeness (QED) is 0.347. The first kappa shape index (κ1) is 24.1. The molecule has 5 rings (SSSR count). The highest BCUT2D eigenvalue weighted by atomic mass is 16.1. The number of H-pyrrole nitrogens is 1. The van der Waals surface area contributed by atoms with Crippen LogP contribution in [0.4, 0.5) is 0 Å². The first-order chi connectivity index (χ1) is 17.9. The highest BCUT2D eigenvalue weighted by Crippen LogP contribution is 2.21. The number of hydrogen-bond donors (Lipinski definition) is 2. The lowest BCUT2D eigenvalue weighted by Crippen LogP contribution is -2.28. The lowest BCUT2D eigenvalue weighted by Gasteiger charge is -2.16. The van der Waals surface area contributed by atoms with Crippen molar-refractivity contribution in [2.24, 2.45) is 0 Å². The molecule has 0 spiro atoms. The number of benzene rings is 1. The van der Waals surface area contributed by atoms with E-state index >= 15 is 0 Å². The zero-order valence-corrected chi connectivity index (χ0v) is 21.2. The molecule has 2 N–H and O–H groups in total. The number of pyridine rings is 1. The van der Waals surface area contributed by atoms with E-state index in [1.807, 2.05) is 82.4 Å². The van der Waals surface area contributed by atoms with Gasteiger partial charge in [-0.2, -0.15) is 10.2 Å². The van der Waals surface area contributed by atoms with Gasteiger partial charge in [0.2, 0.25) is 0 Å². The molecule has 1 atom stereocenters. The molecule has 0 aliphatic carbocycles. The van der Waals surface area contributed by atoms with Crippen LogP contribution >= 0.6 is 0 Å². The predicted molar refractivity (Wildman–Crippen MR) is 140 cm³/mol. The number of carbonyl (C=O) groups is 1. The van der Waals surface area contributed by atoms with Gasteiger partial charge in [-0.05, 0) is 75.2 Å². The van der Waals surface area contributed by atoms with Crippen LogP contribution < -0.4 is 5.32 Å². The second-order valence-corrected chi connectivity index (χ2v) is 9.17. The van der Waals surface area contributed by atoms with E-state index in [0.717, 1.165) is 45.2 Å². The Labute approximate surface area is 215 Å². The molecular weight excluding hydrogens is 464 g/mol. The maximum Gasteiger partial charge on any atom is 0.270 e. The number of hydrogen-bond acceptors (Lipinski definition) is 6. The summed E-state index contributed by atoms with van der Waals surface area (Å²) in [5.41, 5.74) is 7.52. The smallest absolute Gasteiger partial charge is 0.270 e. The average Bonchev–Trinajstić information content (AvgIpc) is 3.56. The van der Waals surface area contributed by atoms with Crippen molar-refractivity contribution < 1.29 is 4.79 Å². The van der Waals surface area contributed by atoms with Gasteiger partial charge in [0.1, 0.15) is 5.69 Å². The fraction of sp³-hybridized carbons (Fsp3) is 0.214. The van der Waals surface area contributed by atoms with Gasteiger partial charge in [0, 0.05) is 42.0 Å². The summed E-state index contributed by atoms with van der Waals surface area (Å²) in [6.45, 7) is 7.74. The molecule has 1 aromatic carbocycles. The molecule has 0 saturated heterocycles. The number of aromatic amines is 1. The van der Waals surface area contributed by atoms with Crippen LogP contribution in [-0.2, 0) is 6.42 Å². The maximum absolute atomic E-state index is 13.0. The second-order valence-electron chi connectivity index (χ2n) is 9.17. The Morgan fingerprint density at radius 3 is 2.54 bits per heavy atom. The molecule has 0 bridgehead atoms. The second kappa shape index (κ2) is 10.1. The van der Waals surface area contributed by atoms with E-state index in [2.05, 4.69) is 30.6 Å². The lowest BCUT2D eigenvalue weighted by molar-refractivity contribution is 0.0934. The van der Waals surface area contributed by atoms with Crippen molar-refractivity contribution in [3.63, 3.8) is 0 Å². The van der Waals surface area contributed by atoms with Crippen LogP contribution in [-0.4, -0.2) is 40.8 Å². The van der Waals surface area contributed by atoms with Crippen molar-refractivity contribution in [3.05, 3.63) is 107 Å². The van der Waals surface area contributed by atoms with Crippen LogP contribution in [0.3, 0.4) is 0 Å². The van der Waals surface area contributed by atoms with Gasteiger partial charge in [-0.25, -0.2) is 14.6 Å². The van der Waals surface area contributed by atoms with E-state index in [0.29, 0.717) is 17.9 Å². The zero-order chi connectivity index (χ0) is 25.9. The minimum Gasteiger partial charge on any atom is -0.344 e. The van der Waals surface area contributed by atoms with Crippen molar-refractivity contribution >= 4 is 5.91 Å². The van der Waals surface area contributed by atoms with Crippen molar-refractivity contribution in [1.82, 2.24) is 40.2 Å². The molecule has 5 aromatic rings. The molecule has 4 aromatic heterocycles. The molecule has 0 aliphatic rings. The highest BCUT2D eigenvalue weighted by molar-refractivity contribution is 5.94. The van der Waals surface area contributed by atoms with Gasteiger partial charge < -0.3 is 5.32 Å². The first-order valence-electron chi connectivity index (χ1n) is 12.1. The molecule has 0 fully saturated rings. The molecular formula is C28H28N8O. The molecule has 0 radical (unpaired) electrons. The van der Waals surface area contributed by atoms with Gasteiger partial charge in [-0.3, -0.25) is 14.9 Å². The molecule has 0 saturated carbocycles. The van der Waals surface area contributed by atoms with Crippen molar-refractivity contribution in [2.75, 3.05) is 0 Å². The third kappa shape index (κ3) is 5.45. The summed E-state index contributed by atoms with van der Waals surface area (Å²) in [5.74, 6) is 0.350. The van der Waals surface area contributed by atoms with Crippen LogP contribution in [0, 0.1) is 20.8 Å². The molecule has 9 nitrogen and oxygen atoms in total. The Kier molecular flexibility index (Phi) is 6.59. The molecule has 0 aliphatic heterocycles. The molecule has 0 unspecified atom stereocenters. The molecule has 1 amide bonds. The fourth-order valence-electron chi connectivity index (χ4n) is 4.22. The lowest BCUT2D eigenvalue weighted by atomic mass is 10.1. The third-order valence-corrected chi connectivity index (χ3v) is 6.09. The summed E-state index contributed by atoms with van der Waals surface area (Å²) in [5, 5.41) is 14.6. The van der Waals surface area contributed by atoms with Gasteiger partial charge >= 0.3 is 0 Å². The number of amides is 1. The van der Waals surface area contributed by atoms with Crippen LogP contribution in [0.25, 0.3) is 17.1 Å². The molecule has 186 valence electrons. The van der Waals surface area contributed by atoms with Gasteiger partial charge in [-0.1, -0.05) is 12.1 Å². The van der Waals surface area contributed by atoms with E-state index < -0.39 is 0 Å². The number of nitrogens with one attached hydrogen (secondary N) is 2. The fourth-order valence-corrected chi connectivity index (χ4v) is 4.22. The topological polar surface area (TPSA) is 114 Å². The summed E-state index contributed by atoms with van der Waals surface area (Å²) < 4.78 is 1.79. The Balaban J connectivity index is 1.30. The third-order valence-electron chi connectivity index (χ3n) is 6.09. The summed E-state index contributed by atoms with van der Waals surface area (Å²) in [6, 6.07) is 15.5. The van der Waals surface area contributed by atoms with Crippen molar-refractivity contribution in [3.8, 4) is 17.1 Å². The Hall–Kier alpha value is -4.66. The van der Waals surface area contributed by atoms with E-state index in [1.165, 1.54) is 0 Å². The first-order valence-corrected chi connectivity index (χ1v) is 12.1. The minimum absolute atomic E-state index is 0.187. The average molecular weight is 493 g/mol. The van der Waals surface area contributed by atoms with Gasteiger partial charge in [0.05, 0.1) is 23.1 Å². The summed E-state index contributed by atoms with van der Waals surface area (Å²) >= 11 is 0. The van der Waals surface area contributed by atoms with E-state index in [1.54, 1.807) is 17.1 Å². The predicted octanol–water partition coefficient (Wildman–Crippen LogP) is 4.45. The standard InChI is InChI=1S/C28H28N8O/c1-17-12-22(27-31-18(2)13-23(33-27)15-24-14-19(3)34-35-24)16-29-26(17)28(37)32-20(4)21-6-8-25(9-7-21)36-11-5-10-30-36/h5-14,16,20H,15H2,1-4H3,(H,32,37)(H,34,35)/t20-/m0/s1. The zero-order valence-electron chi connectivity index (χ0n) is 21.2. The monoisotopic (exact) mass is 492 g/mol. The van der Waals surface area contributed by atoms with Crippen LogP contribution in [0.5, 0.6) is 0 Å². The Bertz CT molecular complexity index is 1540. The molecule has 9 heteroatoms. The summed E-state index contributed by atoms with van der Waals surface area (Å²) in [7, 11) is 0. The van der Waals surface area contributed by atoms with E-state index in [9.17, 15) is 4.79 Å². The SMILES string of the molecule is Cc1cc(Cc2cc(C)[nH]n2)nc(-c2cnc(C(=O)N[C@@H](C)c3ccc(-n4cccn4)cc3)c(C)c2)n1. The van der Waals surface area contributed by atoms with Gasteiger partial charge in [0.25, 0.3) is 5.91 Å². The van der Waals surface area contributed by atoms with Crippen LogP contribution in [0.15, 0.2) is 67.1 Å². The normalized spacial score (nSPS) is 11.9. The Morgan fingerprint density at radius 1 is 1.05 bits per heavy atom. The van der Waals surface area contributed by atoms with Crippen LogP contribution in [0.1, 0.15) is 57.4 Å². The van der Waals surface area contributed by atoms with E-state index in [-0.39, 0.29) is 11.9 Å². The number of nitrogens with zero attached hydrogens (tertiary/aromatic N) is 6. The Morgan fingerprint density at radius 2 is 1.86 bits per heavy atom. The van der Waals surface area contributed by atoms with Gasteiger partial charge in [-0.15, -0.1) is 0 Å². The summed E-state index contributed by atoms with van der Waals surface area (Å²) in [6.07, 6.45) is 5.89. The maximum atomic E-state index is 13.0. The van der Waals surface area contributed by atoms with Crippen LogP contribution in [0.2, 0.25) is 0 Å². The van der Waals surface area contributed by atoms with Gasteiger partial charge in [0.15, 0.2) is 5.82 Å². The minimum atomic E-state index is -0.229. The molecule has 4 heterocycles. The number of carbonyl (C=O) groups excluding carboxylic acids is 1. The highest BCUT2D eigenvalue weighted by Gasteiger charge is 2.17.